The van der Waals surface area contributed by atoms with Crippen LogP contribution >= 0.6 is 0 Å². The highest BCUT2D eigenvalue weighted by Crippen LogP contribution is 2.24. The third-order valence-corrected chi connectivity index (χ3v) is 2.64. The Kier molecular flexibility index (Phi) is 2.55. The smallest absolute Gasteiger partial charge is 0.414 e. The first kappa shape index (κ1) is 11.1. The lowest BCUT2D eigenvalue weighted by atomic mass is 10.1. The minimum Gasteiger partial charge on any atom is -0.465 e. The number of carbonyl (C=O) groups is 3. The lowest BCUT2D eigenvalue weighted by molar-refractivity contribution is -0.118. The fourth-order valence-corrected chi connectivity index (χ4v) is 1.69. The van der Waals surface area contributed by atoms with E-state index in [0.717, 1.165) is 0 Å². The first-order valence-corrected chi connectivity index (χ1v) is 4.92. The molecule has 1 aromatic carbocycles. The summed E-state index contributed by atoms with van der Waals surface area (Å²) >= 11 is 0. The number of hydrogen-bond donors (Lipinski definition) is 1. The van der Waals surface area contributed by atoms with E-state index in [0.29, 0.717) is 10.6 Å². The standard InChI is InChI=1S/C11H10N2O4/c1-12-8-5-3-2-4-7(8)10(15)13(11(16)17)6-9(12)14/h2-5H,6H2,1H3,(H,16,17). The van der Waals surface area contributed by atoms with Gasteiger partial charge in [-0.3, -0.25) is 9.59 Å². The van der Waals surface area contributed by atoms with E-state index in [-0.39, 0.29) is 5.56 Å². The minimum absolute atomic E-state index is 0.211. The molecule has 1 aliphatic heterocycles. The van der Waals surface area contributed by atoms with E-state index in [1.807, 2.05) is 0 Å². The molecular weight excluding hydrogens is 224 g/mol. The van der Waals surface area contributed by atoms with Crippen LogP contribution in [0.3, 0.4) is 0 Å². The second-order valence-corrected chi connectivity index (χ2v) is 3.64. The van der Waals surface area contributed by atoms with E-state index in [2.05, 4.69) is 0 Å². The van der Waals surface area contributed by atoms with Gasteiger partial charge < -0.3 is 10.0 Å². The van der Waals surface area contributed by atoms with Crippen LogP contribution in [-0.4, -0.2) is 41.5 Å². The van der Waals surface area contributed by atoms with Gasteiger partial charge in [0.25, 0.3) is 5.91 Å². The Morgan fingerprint density at radius 1 is 1.29 bits per heavy atom. The average Bonchev–Trinajstić information content (AvgIpc) is 2.41. The molecule has 0 aliphatic carbocycles. The number of likely N-dealkylation sites (N-methyl/N-ethyl adjacent to an activating group) is 1. The van der Waals surface area contributed by atoms with Crippen LogP contribution in [0.25, 0.3) is 0 Å². The predicted octanol–water partition coefficient (Wildman–Crippen LogP) is 0.783. The van der Waals surface area contributed by atoms with Crippen molar-refractivity contribution in [3.8, 4) is 0 Å². The molecule has 1 heterocycles. The van der Waals surface area contributed by atoms with Crippen LogP contribution in [-0.2, 0) is 4.79 Å². The molecule has 0 aromatic heterocycles. The van der Waals surface area contributed by atoms with E-state index >= 15 is 0 Å². The number of amides is 3. The monoisotopic (exact) mass is 234 g/mol. The number of hydrogen-bond acceptors (Lipinski definition) is 3. The predicted molar refractivity (Wildman–Crippen MR) is 58.9 cm³/mol. The van der Waals surface area contributed by atoms with Crippen molar-refractivity contribution in [2.24, 2.45) is 0 Å². The molecule has 3 amide bonds. The van der Waals surface area contributed by atoms with Gasteiger partial charge in [-0.1, -0.05) is 12.1 Å². The van der Waals surface area contributed by atoms with Crippen molar-refractivity contribution in [1.82, 2.24) is 4.90 Å². The number of imide groups is 1. The number of benzene rings is 1. The molecular formula is C11H10N2O4. The van der Waals surface area contributed by atoms with Crippen molar-refractivity contribution < 1.29 is 19.5 Å². The van der Waals surface area contributed by atoms with Crippen molar-refractivity contribution in [3.63, 3.8) is 0 Å². The Morgan fingerprint density at radius 3 is 2.59 bits per heavy atom. The number of rotatable bonds is 0. The first-order valence-electron chi connectivity index (χ1n) is 4.92. The summed E-state index contributed by atoms with van der Waals surface area (Å²) in [4.78, 5) is 36.4. The van der Waals surface area contributed by atoms with Crippen LogP contribution in [0.1, 0.15) is 10.4 Å². The summed E-state index contributed by atoms with van der Waals surface area (Å²) < 4.78 is 0. The van der Waals surface area contributed by atoms with Crippen LogP contribution in [0.15, 0.2) is 24.3 Å². The van der Waals surface area contributed by atoms with Gasteiger partial charge in [-0.15, -0.1) is 0 Å². The van der Waals surface area contributed by atoms with Gasteiger partial charge in [0.05, 0.1) is 11.3 Å². The number of nitrogens with zero attached hydrogens (tertiary/aromatic N) is 2. The zero-order chi connectivity index (χ0) is 12.6. The molecule has 1 N–H and O–H groups in total. The highest BCUT2D eigenvalue weighted by atomic mass is 16.4. The van der Waals surface area contributed by atoms with Gasteiger partial charge in [0.1, 0.15) is 6.54 Å². The van der Waals surface area contributed by atoms with E-state index in [1.165, 1.54) is 18.0 Å². The maximum absolute atomic E-state index is 11.9. The molecule has 6 nitrogen and oxygen atoms in total. The highest BCUT2D eigenvalue weighted by Gasteiger charge is 2.32. The molecule has 6 heteroatoms. The van der Waals surface area contributed by atoms with Gasteiger partial charge in [-0.25, -0.2) is 9.69 Å². The number of para-hydroxylation sites is 1. The third kappa shape index (κ3) is 1.73. The Balaban J connectivity index is 2.58. The fraction of sp³-hybridized carbons (Fsp3) is 0.182. The van der Waals surface area contributed by atoms with E-state index < -0.39 is 24.5 Å². The highest BCUT2D eigenvalue weighted by molar-refractivity contribution is 6.13. The summed E-state index contributed by atoms with van der Waals surface area (Å²) in [7, 11) is 1.51. The summed E-state index contributed by atoms with van der Waals surface area (Å²) in [6.07, 6.45) is -1.42. The van der Waals surface area contributed by atoms with Crippen molar-refractivity contribution in [3.05, 3.63) is 29.8 Å². The van der Waals surface area contributed by atoms with Gasteiger partial charge in [-0.05, 0) is 12.1 Å². The zero-order valence-corrected chi connectivity index (χ0v) is 9.08. The van der Waals surface area contributed by atoms with Crippen LogP contribution in [0.5, 0.6) is 0 Å². The molecule has 0 bridgehead atoms. The summed E-state index contributed by atoms with van der Waals surface area (Å²) in [5.74, 6) is -1.11. The maximum atomic E-state index is 11.9. The van der Waals surface area contributed by atoms with Crippen molar-refractivity contribution in [2.75, 3.05) is 18.5 Å². The van der Waals surface area contributed by atoms with Gasteiger partial charge in [-0.2, -0.15) is 0 Å². The van der Waals surface area contributed by atoms with Crippen LogP contribution in [0, 0.1) is 0 Å². The van der Waals surface area contributed by atoms with Crippen molar-refractivity contribution >= 4 is 23.6 Å². The van der Waals surface area contributed by atoms with E-state index in [9.17, 15) is 14.4 Å². The summed E-state index contributed by atoms with van der Waals surface area (Å²) in [6.45, 7) is -0.459. The van der Waals surface area contributed by atoms with Crippen LogP contribution in [0.2, 0.25) is 0 Å². The van der Waals surface area contributed by atoms with Gasteiger partial charge >= 0.3 is 6.09 Å². The molecule has 17 heavy (non-hydrogen) atoms. The first-order chi connectivity index (χ1) is 8.02. The lowest BCUT2D eigenvalue weighted by Crippen LogP contribution is -2.40. The van der Waals surface area contributed by atoms with Gasteiger partial charge in [0.15, 0.2) is 0 Å². The van der Waals surface area contributed by atoms with E-state index in [4.69, 9.17) is 5.11 Å². The largest absolute Gasteiger partial charge is 0.465 e. The summed E-state index contributed by atoms with van der Waals surface area (Å²) in [5, 5.41) is 8.90. The second-order valence-electron chi connectivity index (χ2n) is 3.64. The SMILES string of the molecule is CN1C(=O)CN(C(=O)O)C(=O)c2ccccc21. The van der Waals surface area contributed by atoms with Crippen molar-refractivity contribution in [2.45, 2.75) is 0 Å². The molecule has 0 spiro atoms. The van der Waals surface area contributed by atoms with Gasteiger partial charge in [0, 0.05) is 7.05 Å². The molecule has 88 valence electrons. The second kappa shape index (κ2) is 3.89. The molecule has 0 fully saturated rings. The molecule has 0 saturated carbocycles. The Hall–Kier alpha value is -2.37. The number of anilines is 1. The topological polar surface area (TPSA) is 77.9 Å². The maximum Gasteiger partial charge on any atom is 0.414 e. The Morgan fingerprint density at radius 2 is 1.94 bits per heavy atom. The third-order valence-electron chi connectivity index (χ3n) is 2.64. The van der Waals surface area contributed by atoms with Crippen LogP contribution < -0.4 is 4.90 Å². The minimum atomic E-state index is -1.42. The molecule has 0 atom stereocenters. The van der Waals surface area contributed by atoms with Crippen LogP contribution in [0.4, 0.5) is 10.5 Å². The molecule has 2 rings (SSSR count). The number of carbonyl (C=O) groups excluding carboxylic acids is 2. The Labute approximate surface area is 97.0 Å². The molecule has 1 aromatic rings. The lowest BCUT2D eigenvalue weighted by Gasteiger charge is -2.15. The normalized spacial score (nSPS) is 15.6. The molecule has 0 saturated heterocycles. The fourth-order valence-electron chi connectivity index (χ4n) is 1.69. The molecule has 0 radical (unpaired) electrons. The quantitative estimate of drug-likeness (QED) is 0.719. The summed E-state index contributed by atoms with van der Waals surface area (Å²) in [6, 6.07) is 6.42. The average molecular weight is 234 g/mol. The van der Waals surface area contributed by atoms with Crippen molar-refractivity contribution in [1.29, 1.82) is 0 Å². The number of fused-ring (bicyclic) bond motifs is 1. The number of carboxylic acid groups (broad SMARTS) is 1. The molecule has 1 aliphatic rings. The Bertz CT molecular complexity index is 512. The summed E-state index contributed by atoms with van der Waals surface area (Å²) in [5.41, 5.74) is 0.634. The molecule has 0 unspecified atom stereocenters. The van der Waals surface area contributed by atoms with Gasteiger partial charge in [0.2, 0.25) is 5.91 Å². The zero-order valence-electron chi connectivity index (χ0n) is 9.08. The van der Waals surface area contributed by atoms with E-state index in [1.54, 1.807) is 18.2 Å².